The number of likely N-dealkylation sites (N-methyl/N-ethyl adjacent to an activating group) is 1. The molecule has 0 bridgehead atoms. The molecule has 0 aromatic carbocycles. The van der Waals surface area contributed by atoms with Gasteiger partial charge >= 0.3 is 0 Å². The molecule has 1 heterocycles. The second kappa shape index (κ2) is 5.90. The van der Waals surface area contributed by atoms with Crippen LogP contribution in [0.5, 0.6) is 0 Å². The van der Waals surface area contributed by atoms with Gasteiger partial charge < -0.3 is 14.9 Å². The third-order valence-corrected chi connectivity index (χ3v) is 2.75. The van der Waals surface area contributed by atoms with Gasteiger partial charge in [-0.25, -0.2) is 0 Å². The SMILES string of the molecule is COCC(C)N(C)C(CN)c1ccoc1. The van der Waals surface area contributed by atoms with Gasteiger partial charge in [-0.1, -0.05) is 0 Å². The molecule has 0 fully saturated rings. The highest BCUT2D eigenvalue weighted by Crippen LogP contribution is 2.20. The Hall–Kier alpha value is -0.840. The van der Waals surface area contributed by atoms with E-state index in [0.717, 1.165) is 5.56 Å². The van der Waals surface area contributed by atoms with Gasteiger partial charge in [-0.05, 0) is 20.0 Å². The van der Waals surface area contributed by atoms with Gasteiger partial charge in [-0.2, -0.15) is 0 Å². The maximum Gasteiger partial charge on any atom is 0.0950 e. The van der Waals surface area contributed by atoms with Crippen molar-refractivity contribution in [3.05, 3.63) is 24.2 Å². The fourth-order valence-electron chi connectivity index (χ4n) is 1.67. The Morgan fingerprint density at radius 2 is 2.33 bits per heavy atom. The molecule has 2 unspecified atom stereocenters. The molecule has 4 nitrogen and oxygen atoms in total. The largest absolute Gasteiger partial charge is 0.472 e. The maximum atomic E-state index is 5.77. The first-order chi connectivity index (χ1) is 7.20. The molecule has 0 amide bonds. The van der Waals surface area contributed by atoms with E-state index in [0.29, 0.717) is 19.2 Å². The van der Waals surface area contributed by atoms with Gasteiger partial charge in [0.25, 0.3) is 0 Å². The second-order valence-electron chi connectivity index (χ2n) is 3.78. The summed E-state index contributed by atoms with van der Waals surface area (Å²) in [6.45, 7) is 3.39. The summed E-state index contributed by atoms with van der Waals surface area (Å²) < 4.78 is 10.2. The zero-order valence-corrected chi connectivity index (χ0v) is 9.64. The van der Waals surface area contributed by atoms with Crippen molar-refractivity contribution in [1.82, 2.24) is 4.90 Å². The van der Waals surface area contributed by atoms with Crippen molar-refractivity contribution in [3.63, 3.8) is 0 Å². The lowest BCUT2D eigenvalue weighted by atomic mass is 10.1. The van der Waals surface area contributed by atoms with Crippen molar-refractivity contribution in [2.45, 2.75) is 19.0 Å². The number of hydrogen-bond donors (Lipinski definition) is 1. The highest BCUT2D eigenvalue weighted by atomic mass is 16.5. The van der Waals surface area contributed by atoms with Gasteiger partial charge in [0, 0.05) is 25.3 Å². The van der Waals surface area contributed by atoms with Crippen LogP contribution in [0, 0.1) is 0 Å². The summed E-state index contributed by atoms with van der Waals surface area (Å²) in [7, 11) is 3.76. The summed E-state index contributed by atoms with van der Waals surface area (Å²) in [6, 6.07) is 2.47. The molecular weight excluding hydrogens is 192 g/mol. The van der Waals surface area contributed by atoms with Gasteiger partial charge in [-0.15, -0.1) is 0 Å². The van der Waals surface area contributed by atoms with E-state index < -0.39 is 0 Å². The van der Waals surface area contributed by atoms with E-state index in [9.17, 15) is 0 Å². The van der Waals surface area contributed by atoms with E-state index >= 15 is 0 Å². The molecule has 86 valence electrons. The van der Waals surface area contributed by atoms with E-state index in [1.165, 1.54) is 0 Å². The Kier molecular flexibility index (Phi) is 4.81. The highest BCUT2D eigenvalue weighted by Gasteiger charge is 2.20. The number of ether oxygens (including phenoxy) is 1. The first-order valence-electron chi connectivity index (χ1n) is 5.13. The molecule has 0 aliphatic heterocycles. The quantitative estimate of drug-likeness (QED) is 0.771. The Labute approximate surface area is 91.0 Å². The highest BCUT2D eigenvalue weighted by molar-refractivity contribution is 5.12. The van der Waals surface area contributed by atoms with E-state index in [2.05, 4.69) is 11.8 Å². The average Bonchev–Trinajstić information content (AvgIpc) is 2.72. The van der Waals surface area contributed by atoms with Crippen LogP contribution >= 0.6 is 0 Å². The van der Waals surface area contributed by atoms with Crippen LogP contribution in [-0.2, 0) is 4.74 Å². The van der Waals surface area contributed by atoms with Crippen LogP contribution in [0.4, 0.5) is 0 Å². The first-order valence-corrected chi connectivity index (χ1v) is 5.13. The number of furan rings is 1. The predicted octanol–water partition coefficient (Wildman–Crippen LogP) is 1.25. The van der Waals surface area contributed by atoms with Crippen LogP contribution in [0.3, 0.4) is 0 Å². The van der Waals surface area contributed by atoms with Gasteiger partial charge in [-0.3, -0.25) is 4.90 Å². The average molecular weight is 212 g/mol. The van der Waals surface area contributed by atoms with Crippen molar-refractivity contribution in [1.29, 1.82) is 0 Å². The first kappa shape index (κ1) is 12.2. The summed E-state index contributed by atoms with van der Waals surface area (Å²) in [5.74, 6) is 0. The smallest absolute Gasteiger partial charge is 0.0950 e. The van der Waals surface area contributed by atoms with Crippen molar-refractivity contribution in [2.24, 2.45) is 5.73 Å². The third kappa shape index (κ3) is 3.06. The van der Waals surface area contributed by atoms with Crippen molar-refractivity contribution < 1.29 is 9.15 Å². The third-order valence-electron chi connectivity index (χ3n) is 2.75. The molecule has 0 aliphatic carbocycles. The van der Waals surface area contributed by atoms with Crippen molar-refractivity contribution in [2.75, 3.05) is 27.3 Å². The predicted molar refractivity (Wildman–Crippen MR) is 59.6 cm³/mol. The molecule has 1 aromatic rings. The lowest BCUT2D eigenvalue weighted by Gasteiger charge is -2.31. The van der Waals surface area contributed by atoms with Gasteiger partial charge in [0.2, 0.25) is 0 Å². The number of rotatable bonds is 6. The van der Waals surface area contributed by atoms with Crippen LogP contribution in [0.2, 0.25) is 0 Å². The molecule has 0 saturated heterocycles. The fourth-order valence-corrected chi connectivity index (χ4v) is 1.67. The van der Waals surface area contributed by atoms with Crippen molar-refractivity contribution >= 4 is 0 Å². The molecule has 1 aromatic heterocycles. The van der Waals surface area contributed by atoms with Crippen LogP contribution in [0.1, 0.15) is 18.5 Å². The van der Waals surface area contributed by atoms with E-state index in [1.807, 2.05) is 13.1 Å². The fraction of sp³-hybridized carbons (Fsp3) is 0.636. The Morgan fingerprint density at radius 1 is 1.60 bits per heavy atom. The number of nitrogens with two attached hydrogens (primary N) is 1. The molecular formula is C11H20N2O2. The van der Waals surface area contributed by atoms with Crippen LogP contribution in [-0.4, -0.2) is 38.3 Å². The molecule has 2 atom stereocenters. The van der Waals surface area contributed by atoms with E-state index in [4.69, 9.17) is 14.9 Å². The monoisotopic (exact) mass is 212 g/mol. The van der Waals surface area contributed by atoms with Gasteiger partial charge in [0.15, 0.2) is 0 Å². The summed E-state index contributed by atoms with van der Waals surface area (Å²) in [6.07, 6.45) is 3.42. The number of nitrogens with zero attached hydrogens (tertiary/aromatic N) is 1. The lowest BCUT2D eigenvalue weighted by Crippen LogP contribution is -2.39. The van der Waals surface area contributed by atoms with Crippen LogP contribution < -0.4 is 5.73 Å². The molecule has 1 rings (SSSR count). The summed E-state index contributed by atoms with van der Waals surface area (Å²) in [4.78, 5) is 2.20. The Morgan fingerprint density at radius 3 is 2.80 bits per heavy atom. The molecule has 4 heteroatoms. The molecule has 0 spiro atoms. The van der Waals surface area contributed by atoms with Gasteiger partial charge in [0.1, 0.15) is 0 Å². The summed E-state index contributed by atoms with van der Waals surface area (Å²) >= 11 is 0. The zero-order chi connectivity index (χ0) is 11.3. The summed E-state index contributed by atoms with van der Waals surface area (Å²) in [5, 5.41) is 0. The molecule has 2 N–H and O–H groups in total. The Bertz CT molecular complexity index is 262. The normalized spacial score (nSPS) is 15.5. The summed E-state index contributed by atoms with van der Waals surface area (Å²) in [5.41, 5.74) is 6.89. The topological polar surface area (TPSA) is 51.6 Å². The number of methoxy groups -OCH3 is 1. The minimum atomic E-state index is 0.189. The van der Waals surface area contributed by atoms with Crippen LogP contribution in [0.25, 0.3) is 0 Å². The van der Waals surface area contributed by atoms with E-state index in [1.54, 1.807) is 19.6 Å². The standard InChI is InChI=1S/C11H20N2O2/c1-9(7-14-3)13(2)11(6-12)10-4-5-15-8-10/h4-5,8-9,11H,6-7,12H2,1-3H3. The van der Waals surface area contributed by atoms with Crippen LogP contribution in [0.15, 0.2) is 23.0 Å². The van der Waals surface area contributed by atoms with E-state index in [-0.39, 0.29) is 6.04 Å². The Balaban J connectivity index is 2.66. The number of hydrogen-bond acceptors (Lipinski definition) is 4. The molecule has 0 radical (unpaired) electrons. The van der Waals surface area contributed by atoms with Gasteiger partial charge in [0.05, 0.1) is 25.2 Å². The molecule has 15 heavy (non-hydrogen) atoms. The molecule has 0 aliphatic rings. The minimum Gasteiger partial charge on any atom is -0.472 e. The maximum absolute atomic E-state index is 5.77. The second-order valence-corrected chi connectivity index (χ2v) is 3.78. The lowest BCUT2D eigenvalue weighted by molar-refractivity contribution is 0.0908. The zero-order valence-electron chi connectivity index (χ0n) is 9.64. The van der Waals surface area contributed by atoms with Crippen molar-refractivity contribution in [3.8, 4) is 0 Å². The molecule has 0 saturated carbocycles. The minimum absolute atomic E-state index is 0.189.